The van der Waals surface area contributed by atoms with Crippen LogP contribution < -0.4 is 16.8 Å². The number of rotatable bonds is 3. The number of hydrogen-bond donors (Lipinski definition) is 3. The lowest BCUT2D eigenvalue weighted by molar-refractivity contribution is 0.100. The van der Waals surface area contributed by atoms with Crippen LogP contribution in [0.25, 0.3) is 0 Å². The molecule has 4 nitrogen and oxygen atoms in total. The molecule has 0 bridgehead atoms. The number of nitrogen functional groups attached to an aromatic ring is 1. The number of para-hydroxylation sites is 1. The summed E-state index contributed by atoms with van der Waals surface area (Å²) in [7, 11) is 0. The average molecular weight is 341 g/mol. The molecule has 0 heterocycles. The second kappa shape index (κ2) is 5.50. The summed E-state index contributed by atoms with van der Waals surface area (Å²) in [5.41, 5.74) is 13.2. The third kappa shape index (κ3) is 3.00. The van der Waals surface area contributed by atoms with E-state index in [1.807, 2.05) is 6.07 Å². The molecule has 2 aromatic rings. The molecule has 1 amide bonds. The first-order valence-corrected chi connectivity index (χ1v) is 6.56. The molecule has 0 fully saturated rings. The molecule has 19 heavy (non-hydrogen) atoms. The highest BCUT2D eigenvalue weighted by molar-refractivity contribution is 9.10. The average Bonchev–Trinajstić information content (AvgIpc) is 2.34. The van der Waals surface area contributed by atoms with Gasteiger partial charge in [0.1, 0.15) is 0 Å². The van der Waals surface area contributed by atoms with Crippen LogP contribution in [0.2, 0.25) is 5.02 Å². The van der Waals surface area contributed by atoms with Gasteiger partial charge in [-0.15, -0.1) is 0 Å². The summed E-state index contributed by atoms with van der Waals surface area (Å²) >= 11 is 9.27. The molecule has 0 unspecified atom stereocenters. The molecule has 0 aliphatic heterocycles. The summed E-state index contributed by atoms with van der Waals surface area (Å²) < 4.78 is 0.795. The zero-order valence-corrected chi connectivity index (χ0v) is 12.1. The first kappa shape index (κ1) is 13.7. The number of carbonyl (C=O) groups excluding carboxylic acids is 1. The van der Waals surface area contributed by atoms with Gasteiger partial charge in [-0.25, -0.2) is 0 Å². The number of nitrogens with one attached hydrogen (secondary N) is 1. The molecule has 0 atom stereocenters. The molecular weight excluding hydrogens is 330 g/mol. The molecule has 2 aromatic carbocycles. The highest BCUT2D eigenvalue weighted by Crippen LogP contribution is 2.31. The van der Waals surface area contributed by atoms with Gasteiger partial charge in [-0.3, -0.25) is 4.79 Å². The van der Waals surface area contributed by atoms with Gasteiger partial charge in [0.05, 0.1) is 22.6 Å². The Labute approximate surface area is 123 Å². The van der Waals surface area contributed by atoms with Crippen LogP contribution in [-0.4, -0.2) is 5.91 Å². The lowest BCUT2D eigenvalue weighted by atomic mass is 10.1. The van der Waals surface area contributed by atoms with Crippen molar-refractivity contribution < 1.29 is 4.79 Å². The Hall–Kier alpha value is -1.72. The van der Waals surface area contributed by atoms with Gasteiger partial charge in [0.25, 0.3) is 5.91 Å². The molecule has 98 valence electrons. The Morgan fingerprint density at radius 2 is 1.95 bits per heavy atom. The molecule has 5 N–H and O–H groups in total. The SMILES string of the molecule is NC(=O)c1cccc(Nc2ccc(Cl)cc2Br)c1N. The number of primary amides is 1. The minimum absolute atomic E-state index is 0.287. The van der Waals surface area contributed by atoms with Crippen LogP contribution >= 0.6 is 27.5 Å². The Kier molecular flexibility index (Phi) is 3.97. The van der Waals surface area contributed by atoms with Crippen molar-refractivity contribution >= 4 is 50.5 Å². The normalized spacial score (nSPS) is 10.2. The number of halogens is 2. The van der Waals surface area contributed by atoms with Gasteiger partial charge in [0.15, 0.2) is 0 Å². The van der Waals surface area contributed by atoms with Crippen LogP contribution in [0.3, 0.4) is 0 Å². The summed E-state index contributed by atoms with van der Waals surface area (Å²) in [5, 5.41) is 3.75. The first-order valence-electron chi connectivity index (χ1n) is 5.39. The van der Waals surface area contributed by atoms with Gasteiger partial charge in [0, 0.05) is 9.50 Å². The molecule has 0 aliphatic rings. The second-order valence-electron chi connectivity index (χ2n) is 3.88. The van der Waals surface area contributed by atoms with E-state index in [0.29, 0.717) is 16.4 Å². The number of benzene rings is 2. The van der Waals surface area contributed by atoms with Gasteiger partial charge in [-0.05, 0) is 46.3 Å². The predicted octanol–water partition coefficient (Wildman–Crippen LogP) is 3.53. The third-order valence-electron chi connectivity index (χ3n) is 2.57. The van der Waals surface area contributed by atoms with E-state index in [1.165, 1.54) is 0 Å². The molecule has 0 spiro atoms. The zero-order valence-electron chi connectivity index (χ0n) is 9.78. The van der Waals surface area contributed by atoms with E-state index in [0.717, 1.165) is 10.2 Å². The van der Waals surface area contributed by atoms with Gasteiger partial charge in [0.2, 0.25) is 0 Å². The summed E-state index contributed by atoms with van der Waals surface area (Å²) in [4.78, 5) is 11.2. The van der Waals surface area contributed by atoms with Gasteiger partial charge in [-0.1, -0.05) is 17.7 Å². The zero-order chi connectivity index (χ0) is 14.0. The number of amides is 1. The fraction of sp³-hybridized carbons (Fsp3) is 0. The van der Waals surface area contributed by atoms with E-state index in [-0.39, 0.29) is 5.56 Å². The molecule has 6 heteroatoms. The molecule has 0 radical (unpaired) electrons. The fourth-order valence-corrected chi connectivity index (χ4v) is 2.41. The number of carbonyl (C=O) groups is 1. The second-order valence-corrected chi connectivity index (χ2v) is 5.17. The first-order chi connectivity index (χ1) is 8.99. The third-order valence-corrected chi connectivity index (χ3v) is 3.46. The van der Waals surface area contributed by atoms with E-state index >= 15 is 0 Å². The Bertz CT molecular complexity index is 646. The van der Waals surface area contributed by atoms with Crippen molar-refractivity contribution in [2.45, 2.75) is 0 Å². The number of nitrogens with two attached hydrogens (primary N) is 2. The summed E-state index contributed by atoms with van der Waals surface area (Å²) in [6.07, 6.45) is 0. The summed E-state index contributed by atoms with van der Waals surface area (Å²) in [5.74, 6) is -0.559. The van der Waals surface area contributed by atoms with Crippen LogP contribution in [-0.2, 0) is 0 Å². The lowest BCUT2D eigenvalue weighted by Gasteiger charge is -2.13. The smallest absolute Gasteiger partial charge is 0.250 e. The number of hydrogen-bond acceptors (Lipinski definition) is 3. The van der Waals surface area contributed by atoms with Crippen LogP contribution in [0.5, 0.6) is 0 Å². The van der Waals surface area contributed by atoms with Crippen molar-refractivity contribution in [2.75, 3.05) is 11.1 Å². The monoisotopic (exact) mass is 339 g/mol. The summed E-state index contributed by atoms with van der Waals surface area (Å²) in [6.45, 7) is 0. The highest BCUT2D eigenvalue weighted by atomic mass is 79.9. The van der Waals surface area contributed by atoms with Crippen molar-refractivity contribution in [3.8, 4) is 0 Å². The van der Waals surface area contributed by atoms with E-state index in [9.17, 15) is 4.79 Å². The van der Waals surface area contributed by atoms with Crippen molar-refractivity contribution in [3.05, 3.63) is 51.5 Å². The van der Waals surface area contributed by atoms with Crippen molar-refractivity contribution in [3.63, 3.8) is 0 Å². The van der Waals surface area contributed by atoms with Crippen molar-refractivity contribution in [1.29, 1.82) is 0 Å². The van der Waals surface area contributed by atoms with Crippen LogP contribution in [0.15, 0.2) is 40.9 Å². The Balaban J connectivity index is 2.38. The van der Waals surface area contributed by atoms with Gasteiger partial charge >= 0.3 is 0 Å². The maximum Gasteiger partial charge on any atom is 0.250 e. The highest BCUT2D eigenvalue weighted by Gasteiger charge is 2.10. The van der Waals surface area contributed by atoms with Crippen molar-refractivity contribution in [1.82, 2.24) is 0 Å². The van der Waals surface area contributed by atoms with Crippen LogP contribution in [0, 0.1) is 0 Å². The lowest BCUT2D eigenvalue weighted by Crippen LogP contribution is -2.14. The van der Waals surface area contributed by atoms with E-state index in [2.05, 4.69) is 21.2 Å². The molecule has 0 saturated carbocycles. The molecular formula is C13H11BrClN3O. The van der Waals surface area contributed by atoms with Gasteiger partial charge < -0.3 is 16.8 Å². The largest absolute Gasteiger partial charge is 0.396 e. The fourth-order valence-electron chi connectivity index (χ4n) is 1.63. The maximum absolute atomic E-state index is 11.2. The van der Waals surface area contributed by atoms with E-state index in [1.54, 1.807) is 30.3 Å². The quantitative estimate of drug-likeness (QED) is 0.748. The van der Waals surface area contributed by atoms with Gasteiger partial charge in [-0.2, -0.15) is 0 Å². The molecule has 0 aromatic heterocycles. The van der Waals surface area contributed by atoms with Crippen LogP contribution in [0.1, 0.15) is 10.4 Å². The molecule has 2 rings (SSSR count). The Morgan fingerprint density at radius 3 is 2.58 bits per heavy atom. The minimum Gasteiger partial charge on any atom is -0.396 e. The minimum atomic E-state index is -0.559. The van der Waals surface area contributed by atoms with E-state index < -0.39 is 5.91 Å². The molecule has 0 saturated heterocycles. The molecule has 0 aliphatic carbocycles. The van der Waals surface area contributed by atoms with Crippen LogP contribution in [0.4, 0.5) is 17.1 Å². The standard InChI is InChI=1S/C13H11BrClN3O/c14-9-6-7(15)4-5-10(9)18-11-3-1-2-8(12(11)16)13(17)19/h1-6,18H,16H2,(H2,17,19). The predicted molar refractivity (Wildman–Crippen MR) is 81.8 cm³/mol. The summed E-state index contributed by atoms with van der Waals surface area (Å²) in [6, 6.07) is 10.4. The Morgan fingerprint density at radius 1 is 1.21 bits per heavy atom. The van der Waals surface area contributed by atoms with Crippen molar-refractivity contribution in [2.24, 2.45) is 5.73 Å². The maximum atomic E-state index is 11.2. The number of anilines is 3. The topological polar surface area (TPSA) is 81.1 Å². The van der Waals surface area contributed by atoms with E-state index in [4.69, 9.17) is 23.1 Å².